The molecule has 5 heteroatoms. The van der Waals surface area contributed by atoms with Gasteiger partial charge in [0.2, 0.25) is 0 Å². The number of amides is 2. The summed E-state index contributed by atoms with van der Waals surface area (Å²) in [5.41, 5.74) is 0. The van der Waals surface area contributed by atoms with E-state index in [0.717, 1.165) is 6.42 Å². The van der Waals surface area contributed by atoms with E-state index in [2.05, 4.69) is 10.6 Å². The quantitative estimate of drug-likeness (QED) is 0.496. The van der Waals surface area contributed by atoms with Crippen molar-refractivity contribution in [3.63, 3.8) is 0 Å². The lowest BCUT2D eigenvalue weighted by atomic mass is 10.4. The Balaban J connectivity index is 3.64. The molecule has 0 spiro atoms. The Morgan fingerprint density at radius 2 is 1.85 bits per heavy atom. The highest BCUT2D eigenvalue weighted by Gasteiger charge is 2.11. The van der Waals surface area contributed by atoms with Crippen LogP contribution < -0.4 is 10.6 Å². The Kier molecular flexibility index (Phi) is 5.88. The number of aliphatic hydroxyl groups is 1. The molecule has 0 saturated carbocycles. The van der Waals surface area contributed by atoms with Crippen LogP contribution >= 0.6 is 0 Å². The second-order valence-electron chi connectivity index (χ2n) is 2.81. The Bertz CT molecular complexity index is 180. The Labute approximate surface area is 77.5 Å². The van der Waals surface area contributed by atoms with Crippen molar-refractivity contribution >= 4 is 11.8 Å². The molecule has 13 heavy (non-hydrogen) atoms. The molecule has 0 aliphatic heterocycles. The Morgan fingerprint density at radius 1 is 1.31 bits per heavy atom. The maximum Gasteiger partial charge on any atom is 0.309 e. The van der Waals surface area contributed by atoms with E-state index in [1.165, 1.54) is 6.92 Å². The molecule has 3 N–H and O–H groups in total. The number of rotatable bonds is 4. The molecule has 5 nitrogen and oxygen atoms in total. The van der Waals surface area contributed by atoms with Crippen LogP contribution in [0.2, 0.25) is 0 Å². The summed E-state index contributed by atoms with van der Waals surface area (Å²) in [4.78, 5) is 21.8. The molecule has 1 atom stereocenters. The summed E-state index contributed by atoms with van der Waals surface area (Å²) in [6, 6.07) is 0. The van der Waals surface area contributed by atoms with Gasteiger partial charge >= 0.3 is 11.8 Å². The minimum Gasteiger partial charge on any atom is -0.392 e. The highest BCUT2D eigenvalue weighted by atomic mass is 16.3. The number of aliphatic hydroxyl groups excluding tert-OH is 1. The summed E-state index contributed by atoms with van der Waals surface area (Å²) in [5, 5.41) is 13.5. The van der Waals surface area contributed by atoms with E-state index < -0.39 is 17.9 Å². The molecule has 0 aliphatic rings. The van der Waals surface area contributed by atoms with Gasteiger partial charge < -0.3 is 15.7 Å². The molecule has 0 radical (unpaired) electrons. The fraction of sp³-hybridized carbons (Fsp3) is 0.750. The SMILES string of the molecule is CCCNC(=O)C(=O)NCC(C)O. The summed E-state index contributed by atoms with van der Waals surface area (Å²) in [5.74, 6) is -1.35. The molecule has 76 valence electrons. The lowest BCUT2D eigenvalue weighted by molar-refractivity contribution is -0.139. The molecule has 0 saturated heterocycles. The highest BCUT2D eigenvalue weighted by Crippen LogP contribution is 1.77. The molecular weight excluding hydrogens is 172 g/mol. The molecule has 0 aromatic rings. The van der Waals surface area contributed by atoms with Crippen molar-refractivity contribution in [1.29, 1.82) is 0 Å². The van der Waals surface area contributed by atoms with Crippen molar-refractivity contribution < 1.29 is 14.7 Å². The van der Waals surface area contributed by atoms with Crippen LogP contribution in [0.3, 0.4) is 0 Å². The van der Waals surface area contributed by atoms with Gasteiger partial charge in [0.1, 0.15) is 0 Å². The molecular formula is C8H16N2O3. The second kappa shape index (κ2) is 6.42. The minimum absolute atomic E-state index is 0.0956. The average molecular weight is 188 g/mol. The van der Waals surface area contributed by atoms with Crippen molar-refractivity contribution in [1.82, 2.24) is 10.6 Å². The first-order valence-electron chi connectivity index (χ1n) is 4.32. The third kappa shape index (κ3) is 6.10. The first kappa shape index (κ1) is 11.9. The van der Waals surface area contributed by atoms with Crippen LogP contribution in [0.5, 0.6) is 0 Å². The van der Waals surface area contributed by atoms with E-state index in [1.54, 1.807) is 0 Å². The molecule has 0 aliphatic carbocycles. The summed E-state index contributed by atoms with van der Waals surface area (Å²) < 4.78 is 0. The fourth-order valence-electron chi connectivity index (χ4n) is 0.639. The van der Waals surface area contributed by atoms with Crippen LogP contribution in [0.15, 0.2) is 0 Å². The maximum absolute atomic E-state index is 10.9. The topological polar surface area (TPSA) is 78.4 Å². The summed E-state index contributed by atoms with van der Waals surface area (Å²) >= 11 is 0. The highest BCUT2D eigenvalue weighted by molar-refractivity contribution is 6.35. The average Bonchev–Trinajstić information content (AvgIpc) is 2.10. The molecule has 0 aromatic carbocycles. The predicted octanol–water partition coefficient (Wildman–Crippen LogP) is -0.990. The zero-order valence-electron chi connectivity index (χ0n) is 7.96. The van der Waals surface area contributed by atoms with Gasteiger partial charge in [-0.1, -0.05) is 6.92 Å². The lowest BCUT2D eigenvalue weighted by Crippen LogP contribution is -2.42. The number of nitrogens with one attached hydrogen (secondary N) is 2. The zero-order valence-corrected chi connectivity index (χ0v) is 7.96. The Hall–Kier alpha value is -1.10. The van der Waals surface area contributed by atoms with Crippen LogP contribution in [0, 0.1) is 0 Å². The predicted molar refractivity (Wildman–Crippen MR) is 48.0 cm³/mol. The van der Waals surface area contributed by atoms with Gasteiger partial charge in [0.25, 0.3) is 0 Å². The van der Waals surface area contributed by atoms with Crippen LogP contribution in [0.25, 0.3) is 0 Å². The third-order valence-electron chi connectivity index (χ3n) is 1.30. The van der Waals surface area contributed by atoms with E-state index in [-0.39, 0.29) is 6.54 Å². The number of hydrogen-bond donors (Lipinski definition) is 3. The first-order chi connectivity index (χ1) is 6.07. The van der Waals surface area contributed by atoms with E-state index in [0.29, 0.717) is 6.54 Å². The number of carbonyl (C=O) groups excluding carboxylic acids is 2. The standard InChI is InChI=1S/C8H16N2O3/c1-3-4-9-7(12)8(13)10-5-6(2)11/h6,11H,3-5H2,1-2H3,(H,9,12)(H,10,13). The van der Waals surface area contributed by atoms with E-state index in [1.807, 2.05) is 6.92 Å². The lowest BCUT2D eigenvalue weighted by Gasteiger charge is -2.06. The van der Waals surface area contributed by atoms with Crippen LogP contribution in [-0.4, -0.2) is 36.1 Å². The molecule has 2 amide bonds. The van der Waals surface area contributed by atoms with Gasteiger partial charge in [-0.3, -0.25) is 9.59 Å². The maximum atomic E-state index is 10.9. The molecule has 0 aromatic heterocycles. The van der Waals surface area contributed by atoms with E-state index in [9.17, 15) is 9.59 Å². The minimum atomic E-state index is -0.700. The largest absolute Gasteiger partial charge is 0.392 e. The molecule has 0 heterocycles. The monoisotopic (exact) mass is 188 g/mol. The number of hydrogen-bond acceptors (Lipinski definition) is 3. The van der Waals surface area contributed by atoms with Crippen LogP contribution in [-0.2, 0) is 9.59 Å². The van der Waals surface area contributed by atoms with E-state index in [4.69, 9.17) is 5.11 Å². The van der Waals surface area contributed by atoms with Crippen LogP contribution in [0.4, 0.5) is 0 Å². The fourth-order valence-corrected chi connectivity index (χ4v) is 0.639. The zero-order chi connectivity index (χ0) is 10.3. The van der Waals surface area contributed by atoms with E-state index >= 15 is 0 Å². The second-order valence-corrected chi connectivity index (χ2v) is 2.81. The van der Waals surface area contributed by atoms with Gasteiger partial charge in [0.05, 0.1) is 6.10 Å². The summed E-state index contributed by atoms with van der Waals surface area (Å²) in [6.45, 7) is 4.01. The van der Waals surface area contributed by atoms with Crippen molar-refractivity contribution in [2.45, 2.75) is 26.4 Å². The number of carbonyl (C=O) groups is 2. The van der Waals surface area contributed by atoms with Crippen molar-refractivity contribution in [2.24, 2.45) is 0 Å². The Morgan fingerprint density at radius 3 is 2.31 bits per heavy atom. The van der Waals surface area contributed by atoms with Crippen molar-refractivity contribution in [2.75, 3.05) is 13.1 Å². The smallest absolute Gasteiger partial charge is 0.309 e. The summed E-state index contributed by atoms with van der Waals surface area (Å²) in [6.07, 6.45) is 0.151. The van der Waals surface area contributed by atoms with Crippen molar-refractivity contribution in [3.05, 3.63) is 0 Å². The van der Waals surface area contributed by atoms with Gasteiger partial charge in [-0.15, -0.1) is 0 Å². The van der Waals surface area contributed by atoms with Gasteiger partial charge in [-0.05, 0) is 13.3 Å². The van der Waals surface area contributed by atoms with Crippen molar-refractivity contribution in [3.8, 4) is 0 Å². The van der Waals surface area contributed by atoms with Gasteiger partial charge in [0.15, 0.2) is 0 Å². The first-order valence-corrected chi connectivity index (χ1v) is 4.32. The van der Waals surface area contributed by atoms with Crippen LogP contribution in [0.1, 0.15) is 20.3 Å². The van der Waals surface area contributed by atoms with Gasteiger partial charge in [-0.25, -0.2) is 0 Å². The normalized spacial score (nSPS) is 11.9. The molecule has 0 fully saturated rings. The third-order valence-corrected chi connectivity index (χ3v) is 1.30. The van der Waals surface area contributed by atoms with Gasteiger partial charge in [-0.2, -0.15) is 0 Å². The molecule has 0 bridgehead atoms. The summed E-state index contributed by atoms with van der Waals surface area (Å²) in [7, 11) is 0. The molecule has 1 unspecified atom stereocenters. The molecule has 0 rings (SSSR count). The van der Waals surface area contributed by atoms with Gasteiger partial charge in [0, 0.05) is 13.1 Å².